The molecule has 0 radical (unpaired) electrons. The molecular formula is C54H100O14. The van der Waals surface area contributed by atoms with E-state index in [-0.39, 0.29) is 25.6 Å². The van der Waals surface area contributed by atoms with Gasteiger partial charge in [-0.1, -0.05) is 192 Å². The van der Waals surface area contributed by atoms with Crippen molar-refractivity contribution in [2.45, 2.75) is 280 Å². The maximum absolute atomic E-state index is 13.0. The summed E-state index contributed by atoms with van der Waals surface area (Å²) in [6.45, 7) is 3.64. The first-order valence-electron chi connectivity index (χ1n) is 27.4. The Morgan fingerprint density at radius 3 is 1.47 bits per heavy atom. The number of ether oxygens (including phenoxy) is 6. The Morgan fingerprint density at radius 1 is 0.485 bits per heavy atom. The Bertz CT molecular complexity index is 1220. The number of aliphatic hydroxyl groups excluding tert-OH is 7. The van der Waals surface area contributed by atoms with Crippen LogP contribution in [0.25, 0.3) is 0 Å². The highest BCUT2D eigenvalue weighted by Crippen LogP contribution is 2.27. The summed E-state index contributed by atoms with van der Waals surface area (Å²) in [5.74, 6) is -0.387. The number of allylic oxidation sites excluding steroid dienone is 4. The number of carbonyl (C=O) groups excluding carboxylic acids is 1. The minimum absolute atomic E-state index is 0.0600. The molecule has 7 N–H and O–H groups in total. The van der Waals surface area contributed by atoms with Crippen molar-refractivity contribution in [2.75, 3.05) is 33.0 Å². The third-order valence-electron chi connectivity index (χ3n) is 13.2. The fraction of sp³-hybridized carbons (Fsp3) is 0.907. The number of aliphatic hydroxyl groups is 7. The zero-order chi connectivity index (χ0) is 49.5. The standard InChI is InChI=1S/C54H100O14/c1-3-5-7-9-11-13-15-17-18-19-20-21-22-23-24-26-28-30-32-34-36-38-63-40-43(66-46(56)37-35-33-31-29-27-25-16-14-12-10-8-6-4-2)41-64-53-52(62)50(60)48(58)45(68-53)42-65-54-51(61)49(59)47(57)44(39-55)67-54/h8,10,14,16,43-45,47-55,57-62H,3-7,9,11-13,15,17-42H2,1-2H3/b10-8-,16-14-. The molecule has 0 aliphatic carbocycles. The Labute approximate surface area is 411 Å². The normalized spacial score (nSPS) is 26.0. The molecule has 11 atom stereocenters. The second-order valence-electron chi connectivity index (χ2n) is 19.4. The molecule has 2 heterocycles. The van der Waals surface area contributed by atoms with Gasteiger partial charge in [0.05, 0.1) is 26.4 Å². The Hall–Kier alpha value is -1.53. The lowest BCUT2D eigenvalue weighted by atomic mass is 9.98. The van der Waals surface area contributed by atoms with Crippen molar-refractivity contribution in [1.29, 1.82) is 0 Å². The average Bonchev–Trinajstić information content (AvgIpc) is 3.33. The fourth-order valence-corrected chi connectivity index (χ4v) is 8.74. The van der Waals surface area contributed by atoms with Crippen molar-refractivity contribution in [3.63, 3.8) is 0 Å². The van der Waals surface area contributed by atoms with Crippen LogP contribution in [0.1, 0.15) is 213 Å². The molecule has 0 spiro atoms. The quantitative estimate of drug-likeness (QED) is 0.0173. The van der Waals surface area contributed by atoms with Gasteiger partial charge in [-0.05, 0) is 38.5 Å². The molecule has 0 aromatic carbocycles. The van der Waals surface area contributed by atoms with Crippen LogP contribution in [-0.2, 0) is 33.2 Å². The number of esters is 1. The van der Waals surface area contributed by atoms with E-state index in [9.17, 15) is 40.5 Å². The highest BCUT2D eigenvalue weighted by Gasteiger charge is 2.47. The highest BCUT2D eigenvalue weighted by atomic mass is 16.7. The molecule has 14 nitrogen and oxygen atoms in total. The van der Waals surface area contributed by atoms with Crippen molar-refractivity contribution < 1.29 is 69.0 Å². The first-order valence-corrected chi connectivity index (χ1v) is 27.4. The van der Waals surface area contributed by atoms with Gasteiger partial charge < -0.3 is 64.2 Å². The lowest BCUT2D eigenvalue weighted by Crippen LogP contribution is -2.61. The molecule has 11 unspecified atom stereocenters. The summed E-state index contributed by atoms with van der Waals surface area (Å²) in [5.41, 5.74) is 0. The molecule has 400 valence electrons. The van der Waals surface area contributed by atoms with E-state index in [1.165, 1.54) is 122 Å². The maximum Gasteiger partial charge on any atom is 0.306 e. The van der Waals surface area contributed by atoms with Gasteiger partial charge in [0, 0.05) is 13.0 Å². The molecule has 0 amide bonds. The summed E-state index contributed by atoms with van der Waals surface area (Å²) in [4.78, 5) is 13.0. The zero-order valence-corrected chi connectivity index (χ0v) is 42.6. The van der Waals surface area contributed by atoms with Gasteiger partial charge >= 0.3 is 5.97 Å². The predicted octanol–water partition coefficient (Wildman–Crippen LogP) is 8.80. The first-order chi connectivity index (χ1) is 33.1. The van der Waals surface area contributed by atoms with E-state index in [4.69, 9.17) is 28.4 Å². The molecule has 2 saturated heterocycles. The van der Waals surface area contributed by atoms with E-state index in [1.54, 1.807) is 0 Å². The summed E-state index contributed by atoms with van der Waals surface area (Å²) in [7, 11) is 0. The molecule has 68 heavy (non-hydrogen) atoms. The third kappa shape index (κ3) is 29.1. The second-order valence-corrected chi connectivity index (χ2v) is 19.4. The van der Waals surface area contributed by atoms with Crippen molar-refractivity contribution in [2.24, 2.45) is 0 Å². The molecule has 0 bridgehead atoms. The van der Waals surface area contributed by atoms with Crippen LogP contribution in [0, 0.1) is 0 Å². The summed E-state index contributed by atoms with van der Waals surface area (Å²) in [5, 5.41) is 72.2. The molecule has 0 aromatic rings. The smallest absolute Gasteiger partial charge is 0.306 e. The van der Waals surface area contributed by atoms with E-state index in [0.717, 1.165) is 64.2 Å². The lowest BCUT2D eigenvalue weighted by molar-refractivity contribution is -0.332. The maximum atomic E-state index is 13.0. The lowest BCUT2D eigenvalue weighted by Gasteiger charge is -2.42. The van der Waals surface area contributed by atoms with Crippen LogP contribution in [0.5, 0.6) is 0 Å². The van der Waals surface area contributed by atoms with E-state index in [1.807, 2.05) is 0 Å². The van der Waals surface area contributed by atoms with Crippen LogP contribution in [-0.4, -0.2) is 142 Å². The van der Waals surface area contributed by atoms with Gasteiger partial charge in [-0.3, -0.25) is 4.79 Å². The SMILES string of the molecule is CCC/C=C\C/C=C\CCCCCCCC(=O)OC(COCCCCCCCCCCCCCCCCCCCCCCC)COC1OC(COC2OC(CO)C(O)C(O)C2O)C(O)C(O)C1O. The summed E-state index contributed by atoms with van der Waals surface area (Å²) >= 11 is 0. The molecule has 2 aliphatic heterocycles. The minimum Gasteiger partial charge on any atom is -0.457 e. The van der Waals surface area contributed by atoms with Gasteiger partial charge in [0.2, 0.25) is 0 Å². The van der Waals surface area contributed by atoms with Gasteiger partial charge in [0.25, 0.3) is 0 Å². The number of hydrogen-bond donors (Lipinski definition) is 7. The molecule has 2 aliphatic rings. The largest absolute Gasteiger partial charge is 0.457 e. The number of unbranched alkanes of at least 4 members (excludes halogenated alkanes) is 26. The predicted molar refractivity (Wildman–Crippen MR) is 266 cm³/mol. The van der Waals surface area contributed by atoms with Gasteiger partial charge in [0.15, 0.2) is 12.6 Å². The van der Waals surface area contributed by atoms with Gasteiger partial charge in [-0.2, -0.15) is 0 Å². The van der Waals surface area contributed by atoms with Gasteiger partial charge in [0.1, 0.15) is 54.9 Å². The van der Waals surface area contributed by atoms with Crippen molar-refractivity contribution in [3.8, 4) is 0 Å². The zero-order valence-electron chi connectivity index (χ0n) is 42.6. The molecule has 0 aromatic heterocycles. The van der Waals surface area contributed by atoms with Crippen LogP contribution in [0.15, 0.2) is 24.3 Å². The molecule has 2 rings (SSSR count). The Balaban J connectivity index is 1.71. The average molecular weight is 973 g/mol. The second kappa shape index (κ2) is 42.0. The van der Waals surface area contributed by atoms with Crippen LogP contribution < -0.4 is 0 Å². The van der Waals surface area contributed by atoms with Crippen LogP contribution in [0.2, 0.25) is 0 Å². The van der Waals surface area contributed by atoms with Crippen molar-refractivity contribution >= 4 is 5.97 Å². The van der Waals surface area contributed by atoms with Crippen molar-refractivity contribution in [3.05, 3.63) is 24.3 Å². The molecular weight excluding hydrogens is 873 g/mol. The number of carbonyl (C=O) groups is 1. The number of rotatable bonds is 44. The molecule has 14 heteroatoms. The van der Waals surface area contributed by atoms with E-state index >= 15 is 0 Å². The Kier molecular flexibility index (Phi) is 38.7. The topological polar surface area (TPSA) is 214 Å². The third-order valence-corrected chi connectivity index (χ3v) is 13.2. The van der Waals surface area contributed by atoms with E-state index in [0.29, 0.717) is 13.0 Å². The van der Waals surface area contributed by atoms with E-state index in [2.05, 4.69) is 38.2 Å². The van der Waals surface area contributed by atoms with Crippen LogP contribution in [0.3, 0.4) is 0 Å². The van der Waals surface area contributed by atoms with Gasteiger partial charge in [-0.15, -0.1) is 0 Å². The van der Waals surface area contributed by atoms with Crippen molar-refractivity contribution in [1.82, 2.24) is 0 Å². The van der Waals surface area contributed by atoms with Crippen LogP contribution in [0.4, 0.5) is 0 Å². The summed E-state index contributed by atoms with van der Waals surface area (Å²) in [6, 6.07) is 0. The monoisotopic (exact) mass is 973 g/mol. The number of hydrogen-bond acceptors (Lipinski definition) is 14. The Morgan fingerprint density at radius 2 is 0.941 bits per heavy atom. The van der Waals surface area contributed by atoms with Gasteiger partial charge in [-0.25, -0.2) is 0 Å². The molecule has 0 saturated carbocycles. The molecule has 2 fully saturated rings. The minimum atomic E-state index is -1.71. The van der Waals surface area contributed by atoms with E-state index < -0.39 is 80.7 Å². The first kappa shape index (κ1) is 62.6. The fourth-order valence-electron chi connectivity index (χ4n) is 8.74. The summed E-state index contributed by atoms with van der Waals surface area (Å²) < 4.78 is 34.3. The van der Waals surface area contributed by atoms with Crippen LogP contribution >= 0.6 is 0 Å². The highest BCUT2D eigenvalue weighted by molar-refractivity contribution is 5.69. The summed E-state index contributed by atoms with van der Waals surface area (Å²) in [6.07, 6.45) is 29.6.